The normalized spacial score (nSPS) is 20.3. The molecule has 108 valence electrons. The number of benzene rings is 1. The van der Waals surface area contributed by atoms with Crippen molar-refractivity contribution in [2.45, 2.75) is 13.3 Å². The molecule has 0 radical (unpaired) electrons. The van der Waals surface area contributed by atoms with Gasteiger partial charge >= 0.3 is 12.0 Å². The van der Waals surface area contributed by atoms with E-state index in [4.69, 9.17) is 5.11 Å². The van der Waals surface area contributed by atoms with E-state index in [0.717, 1.165) is 6.42 Å². The highest BCUT2D eigenvalue weighted by Gasteiger charge is 2.34. The first-order chi connectivity index (χ1) is 9.38. The molecular weight excluding hydrogens is 260 g/mol. The Morgan fingerprint density at radius 1 is 1.45 bits per heavy atom. The highest BCUT2D eigenvalue weighted by Crippen LogP contribution is 2.38. The monoisotopic (exact) mass is 278 g/mol. The fourth-order valence-corrected chi connectivity index (χ4v) is 2.10. The molecule has 1 aliphatic carbocycles. The summed E-state index contributed by atoms with van der Waals surface area (Å²) in [5.74, 6) is -0.341. The SMILES string of the molecule is CC1CC1CN(C)C(=O)Nc1ccc(C(=O)O)c(O)c1. The second-order valence-corrected chi connectivity index (χ2v) is 5.32. The molecule has 0 heterocycles. The first kappa shape index (κ1) is 14.2. The third kappa shape index (κ3) is 3.20. The minimum Gasteiger partial charge on any atom is -0.507 e. The molecule has 3 N–H and O–H groups in total. The van der Waals surface area contributed by atoms with E-state index in [1.54, 1.807) is 11.9 Å². The van der Waals surface area contributed by atoms with Crippen LogP contribution in [0, 0.1) is 11.8 Å². The summed E-state index contributed by atoms with van der Waals surface area (Å²) in [5.41, 5.74) is 0.177. The molecule has 1 saturated carbocycles. The number of nitrogens with zero attached hydrogens (tertiary/aromatic N) is 1. The number of phenols is 1. The molecule has 0 saturated heterocycles. The average Bonchev–Trinajstić information content (AvgIpc) is 3.04. The van der Waals surface area contributed by atoms with E-state index in [-0.39, 0.29) is 17.3 Å². The summed E-state index contributed by atoms with van der Waals surface area (Å²) in [6.45, 7) is 2.85. The van der Waals surface area contributed by atoms with E-state index in [1.807, 2.05) is 0 Å². The smallest absolute Gasteiger partial charge is 0.339 e. The summed E-state index contributed by atoms with van der Waals surface area (Å²) in [4.78, 5) is 24.3. The molecule has 1 fully saturated rings. The van der Waals surface area contributed by atoms with Crippen LogP contribution in [0.5, 0.6) is 5.75 Å². The number of aromatic carboxylic acids is 1. The first-order valence-electron chi connectivity index (χ1n) is 6.47. The predicted molar refractivity (Wildman–Crippen MR) is 74.0 cm³/mol. The number of hydrogen-bond acceptors (Lipinski definition) is 3. The maximum atomic E-state index is 11.9. The van der Waals surface area contributed by atoms with Crippen molar-refractivity contribution in [3.8, 4) is 5.75 Å². The van der Waals surface area contributed by atoms with Crippen LogP contribution in [0.4, 0.5) is 10.5 Å². The summed E-state index contributed by atoms with van der Waals surface area (Å²) in [6, 6.07) is 3.67. The summed E-state index contributed by atoms with van der Waals surface area (Å²) in [7, 11) is 1.71. The maximum Gasteiger partial charge on any atom is 0.339 e. The molecule has 20 heavy (non-hydrogen) atoms. The molecule has 0 spiro atoms. The zero-order chi connectivity index (χ0) is 14.9. The first-order valence-corrected chi connectivity index (χ1v) is 6.47. The van der Waals surface area contributed by atoms with Crippen LogP contribution >= 0.6 is 0 Å². The van der Waals surface area contributed by atoms with Gasteiger partial charge in [0.05, 0.1) is 0 Å². The number of hydrogen-bond donors (Lipinski definition) is 3. The molecule has 0 aliphatic heterocycles. The second kappa shape index (κ2) is 5.40. The van der Waals surface area contributed by atoms with Crippen LogP contribution in [0.3, 0.4) is 0 Å². The number of carbonyl (C=O) groups is 2. The van der Waals surface area contributed by atoms with Gasteiger partial charge in [-0.2, -0.15) is 0 Å². The van der Waals surface area contributed by atoms with Gasteiger partial charge in [-0.3, -0.25) is 0 Å². The number of carbonyl (C=O) groups excluding carboxylic acids is 1. The van der Waals surface area contributed by atoms with E-state index in [1.165, 1.54) is 18.2 Å². The van der Waals surface area contributed by atoms with E-state index in [2.05, 4.69) is 12.2 Å². The number of nitrogens with one attached hydrogen (secondary N) is 1. The average molecular weight is 278 g/mol. The molecule has 1 aromatic rings. The number of carboxylic acids is 1. The van der Waals surface area contributed by atoms with Gasteiger partial charge in [-0.1, -0.05) is 6.92 Å². The van der Waals surface area contributed by atoms with Gasteiger partial charge in [-0.05, 0) is 30.4 Å². The minimum absolute atomic E-state index is 0.192. The van der Waals surface area contributed by atoms with Gasteiger partial charge in [0.1, 0.15) is 11.3 Å². The van der Waals surface area contributed by atoms with Crippen LogP contribution in [0.2, 0.25) is 0 Å². The Balaban J connectivity index is 1.97. The largest absolute Gasteiger partial charge is 0.507 e. The Morgan fingerprint density at radius 3 is 2.60 bits per heavy atom. The lowest BCUT2D eigenvalue weighted by Crippen LogP contribution is -2.33. The van der Waals surface area contributed by atoms with E-state index in [0.29, 0.717) is 24.1 Å². The second-order valence-electron chi connectivity index (χ2n) is 5.32. The molecule has 0 aromatic heterocycles. The van der Waals surface area contributed by atoms with Gasteiger partial charge in [0, 0.05) is 25.3 Å². The van der Waals surface area contributed by atoms with Crippen molar-refractivity contribution in [2.24, 2.45) is 11.8 Å². The minimum atomic E-state index is -1.21. The van der Waals surface area contributed by atoms with Gasteiger partial charge in [0.2, 0.25) is 0 Å². The van der Waals surface area contributed by atoms with Crippen molar-refractivity contribution in [1.29, 1.82) is 0 Å². The standard InChI is InChI=1S/C14H18N2O4/c1-8-5-9(8)7-16(2)14(20)15-10-3-4-11(13(18)19)12(17)6-10/h3-4,6,8-9,17H,5,7H2,1-2H3,(H,15,20)(H,18,19). The molecule has 1 aliphatic rings. The third-order valence-electron chi connectivity index (χ3n) is 3.61. The van der Waals surface area contributed by atoms with Crippen molar-refractivity contribution in [2.75, 3.05) is 18.9 Å². The maximum absolute atomic E-state index is 11.9. The van der Waals surface area contributed by atoms with Gasteiger partial charge in [-0.15, -0.1) is 0 Å². The Kier molecular flexibility index (Phi) is 3.83. The highest BCUT2D eigenvalue weighted by atomic mass is 16.4. The van der Waals surface area contributed by atoms with Crippen molar-refractivity contribution in [3.05, 3.63) is 23.8 Å². The van der Waals surface area contributed by atoms with Crippen molar-refractivity contribution in [3.63, 3.8) is 0 Å². The topological polar surface area (TPSA) is 89.9 Å². The Hall–Kier alpha value is -2.24. The quantitative estimate of drug-likeness (QED) is 0.787. The van der Waals surface area contributed by atoms with Crippen LogP contribution < -0.4 is 5.32 Å². The number of aromatic hydroxyl groups is 1. The van der Waals surface area contributed by atoms with Gasteiger partial charge < -0.3 is 20.4 Å². The fraction of sp³-hybridized carbons (Fsp3) is 0.429. The molecule has 0 bridgehead atoms. The number of anilines is 1. The van der Waals surface area contributed by atoms with Crippen LogP contribution in [0.25, 0.3) is 0 Å². The lowest BCUT2D eigenvalue weighted by atomic mass is 10.2. The molecular formula is C14H18N2O4. The van der Waals surface area contributed by atoms with E-state index < -0.39 is 5.97 Å². The van der Waals surface area contributed by atoms with Gasteiger partial charge in [0.15, 0.2) is 0 Å². The zero-order valence-corrected chi connectivity index (χ0v) is 11.5. The number of urea groups is 1. The highest BCUT2D eigenvalue weighted by molar-refractivity contribution is 5.93. The molecule has 1 aromatic carbocycles. The van der Waals surface area contributed by atoms with Crippen LogP contribution in [0.15, 0.2) is 18.2 Å². The zero-order valence-electron chi connectivity index (χ0n) is 11.5. The fourth-order valence-electron chi connectivity index (χ4n) is 2.10. The Bertz CT molecular complexity index is 544. The van der Waals surface area contributed by atoms with Crippen molar-refractivity contribution >= 4 is 17.7 Å². The molecule has 6 heteroatoms. The lowest BCUT2D eigenvalue weighted by Gasteiger charge is -2.18. The Labute approximate surface area is 117 Å². The van der Waals surface area contributed by atoms with Gasteiger partial charge in [-0.25, -0.2) is 9.59 Å². The summed E-state index contributed by atoms with van der Waals surface area (Å²) < 4.78 is 0. The number of amides is 2. The molecule has 2 rings (SSSR count). The summed E-state index contributed by atoms with van der Waals surface area (Å²) in [6.07, 6.45) is 1.14. The lowest BCUT2D eigenvalue weighted by molar-refractivity contribution is 0.0694. The van der Waals surface area contributed by atoms with Crippen molar-refractivity contribution < 1.29 is 19.8 Å². The third-order valence-corrected chi connectivity index (χ3v) is 3.61. The molecule has 2 amide bonds. The van der Waals surface area contributed by atoms with E-state index in [9.17, 15) is 14.7 Å². The van der Waals surface area contributed by atoms with Gasteiger partial charge in [0.25, 0.3) is 0 Å². The molecule has 6 nitrogen and oxygen atoms in total. The van der Waals surface area contributed by atoms with Crippen LogP contribution in [0.1, 0.15) is 23.7 Å². The Morgan fingerprint density at radius 2 is 2.10 bits per heavy atom. The molecule has 2 atom stereocenters. The summed E-state index contributed by atoms with van der Waals surface area (Å²) >= 11 is 0. The van der Waals surface area contributed by atoms with Crippen LogP contribution in [-0.4, -0.2) is 40.7 Å². The number of carboxylic acid groups (broad SMARTS) is 1. The van der Waals surface area contributed by atoms with Crippen LogP contribution in [-0.2, 0) is 0 Å². The van der Waals surface area contributed by atoms with E-state index >= 15 is 0 Å². The number of rotatable bonds is 4. The summed E-state index contributed by atoms with van der Waals surface area (Å²) in [5, 5.41) is 21.0. The molecule has 2 unspecified atom stereocenters. The predicted octanol–water partition coefficient (Wildman–Crippen LogP) is 2.21. The van der Waals surface area contributed by atoms with Crippen molar-refractivity contribution in [1.82, 2.24) is 4.90 Å².